The predicted octanol–water partition coefficient (Wildman–Crippen LogP) is 15.9. The van der Waals surface area contributed by atoms with E-state index >= 15 is 0 Å². The highest BCUT2D eigenvalue weighted by molar-refractivity contribution is 6.31. The summed E-state index contributed by atoms with van der Waals surface area (Å²) in [7, 11) is 0. The second kappa shape index (κ2) is 25.2. The Balaban J connectivity index is 0.000000571. The van der Waals surface area contributed by atoms with Gasteiger partial charge in [0.05, 0.1) is 0 Å². The standard InChI is InChI=1S/C10H13Cl.C9H13N.C7H16.3C6H5Cl/c1-10(2,3)8-5-4-6-9(11)7-8;1-9(2,3)8-5-4-6-10-7-8;1-5-6-7(2,3)4;3*7-6-4-2-1-3-5-6/h4-7H,1-3H3;4-7H,1-3H3;5-6H2,1-4H3;3*1-5H. The summed E-state index contributed by atoms with van der Waals surface area (Å²) < 4.78 is 0. The zero-order valence-corrected chi connectivity index (χ0v) is 34.2. The number of halogens is 4. The van der Waals surface area contributed by atoms with Crippen molar-refractivity contribution in [2.24, 2.45) is 5.41 Å². The van der Waals surface area contributed by atoms with E-state index in [4.69, 9.17) is 46.4 Å². The highest BCUT2D eigenvalue weighted by Crippen LogP contribution is 2.24. The number of rotatable bonds is 1. The lowest BCUT2D eigenvalue weighted by atomic mass is 9.87. The Morgan fingerprint density at radius 2 is 0.816 bits per heavy atom. The van der Waals surface area contributed by atoms with Gasteiger partial charge >= 0.3 is 0 Å². The predicted molar refractivity (Wildman–Crippen MR) is 222 cm³/mol. The molecule has 5 heteroatoms. The summed E-state index contributed by atoms with van der Waals surface area (Å²) in [6.07, 6.45) is 6.37. The van der Waals surface area contributed by atoms with Gasteiger partial charge in [0.25, 0.3) is 0 Å². The molecule has 0 aliphatic rings. The molecule has 0 saturated heterocycles. The summed E-state index contributed by atoms with van der Waals surface area (Å²) in [5, 5.41) is 3.20. The molecule has 49 heavy (non-hydrogen) atoms. The SMILES string of the molecule is CC(C)(C)c1cccc(Cl)c1.CC(C)(C)c1cccnc1.CCCC(C)(C)C.Clc1ccccc1.Clc1ccccc1.Clc1ccccc1. The normalized spacial score (nSPS) is 10.4. The summed E-state index contributed by atoms with van der Waals surface area (Å²) in [6, 6.07) is 40.4. The van der Waals surface area contributed by atoms with E-state index < -0.39 is 0 Å². The van der Waals surface area contributed by atoms with Crippen molar-refractivity contribution in [1.29, 1.82) is 0 Å². The van der Waals surface area contributed by atoms with E-state index in [0.29, 0.717) is 5.41 Å². The summed E-state index contributed by atoms with van der Waals surface area (Å²) in [4.78, 5) is 4.05. The second-order valence-corrected chi connectivity index (χ2v) is 16.2. The van der Waals surface area contributed by atoms with Gasteiger partial charge in [-0.05, 0) is 88.4 Å². The van der Waals surface area contributed by atoms with Crippen LogP contribution in [0.1, 0.15) is 93.2 Å². The van der Waals surface area contributed by atoms with Gasteiger partial charge < -0.3 is 0 Å². The Morgan fingerprint density at radius 1 is 0.449 bits per heavy atom. The molecule has 0 radical (unpaired) electrons. The average Bonchev–Trinajstić information content (AvgIpc) is 3.03. The number of pyridine rings is 1. The van der Waals surface area contributed by atoms with Crippen molar-refractivity contribution < 1.29 is 0 Å². The van der Waals surface area contributed by atoms with Crippen molar-refractivity contribution in [1.82, 2.24) is 4.98 Å². The molecule has 4 aromatic carbocycles. The fraction of sp³-hybridized carbons (Fsp3) is 0.341. The lowest BCUT2D eigenvalue weighted by Gasteiger charge is -2.18. The number of hydrogen-bond donors (Lipinski definition) is 0. The summed E-state index contributed by atoms with van der Waals surface area (Å²) >= 11 is 22.5. The Morgan fingerprint density at radius 3 is 1.00 bits per heavy atom. The lowest BCUT2D eigenvalue weighted by molar-refractivity contribution is 0.373. The first-order valence-corrected chi connectivity index (χ1v) is 18.1. The third kappa shape index (κ3) is 27.7. The molecule has 5 rings (SSSR count). The van der Waals surface area contributed by atoms with E-state index in [-0.39, 0.29) is 10.8 Å². The quantitative estimate of drug-likeness (QED) is 0.167. The topological polar surface area (TPSA) is 12.9 Å². The first-order valence-electron chi connectivity index (χ1n) is 16.6. The van der Waals surface area contributed by atoms with Crippen molar-refractivity contribution in [2.75, 3.05) is 0 Å². The Labute approximate surface area is 319 Å². The van der Waals surface area contributed by atoms with Crippen LogP contribution < -0.4 is 0 Å². The van der Waals surface area contributed by atoms with Crippen LogP contribution >= 0.6 is 46.4 Å². The van der Waals surface area contributed by atoms with Crippen molar-refractivity contribution in [3.63, 3.8) is 0 Å². The Bertz CT molecular complexity index is 1380. The molecular formula is C44H57Cl4N. The molecule has 0 fully saturated rings. The molecule has 1 heterocycles. The van der Waals surface area contributed by atoms with E-state index in [1.807, 2.05) is 121 Å². The van der Waals surface area contributed by atoms with Crippen molar-refractivity contribution in [3.8, 4) is 0 Å². The molecule has 0 saturated carbocycles. The van der Waals surface area contributed by atoms with Crippen LogP contribution in [0.4, 0.5) is 0 Å². The van der Waals surface area contributed by atoms with Gasteiger partial charge in [0, 0.05) is 32.5 Å². The van der Waals surface area contributed by atoms with Gasteiger partial charge in [-0.1, -0.05) is 195 Å². The van der Waals surface area contributed by atoms with Gasteiger partial charge in [-0.2, -0.15) is 0 Å². The molecule has 1 nitrogen and oxygen atoms in total. The first-order chi connectivity index (χ1) is 22.8. The average molecular weight is 742 g/mol. The van der Waals surface area contributed by atoms with Crippen LogP contribution in [0, 0.1) is 5.41 Å². The van der Waals surface area contributed by atoms with Gasteiger partial charge in [0.2, 0.25) is 0 Å². The van der Waals surface area contributed by atoms with Gasteiger partial charge in [-0.15, -0.1) is 0 Å². The molecule has 0 amide bonds. The molecule has 0 unspecified atom stereocenters. The summed E-state index contributed by atoms with van der Waals surface area (Å²) in [5.41, 5.74) is 3.55. The van der Waals surface area contributed by atoms with Crippen LogP contribution in [0.3, 0.4) is 0 Å². The molecule has 0 aliphatic carbocycles. The minimum Gasteiger partial charge on any atom is -0.264 e. The monoisotopic (exact) mass is 739 g/mol. The molecule has 0 N–H and O–H groups in total. The van der Waals surface area contributed by atoms with Crippen LogP contribution in [-0.2, 0) is 10.8 Å². The molecule has 1 aromatic heterocycles. The van der Waals surface area contributed by atoms with E-state index in [1.165, 1.54) is 24.0 Å². The summed E-state index contributed by atoms with van der Waals surface area (Å²) in [5.74, 6) is 0. The number of hydrogen-bond acceptors (Lipinski definition) is 1. The third-order valence-electron chi connectivity index (χ3n) is 6.42. The highest BCUT2D eigenvalue weighted by atomic mass is 35.5. The largest absolute Gasteiger partial charge is 0.264 e. The fourth-order valence-electron chi connectivity index (χ4n) is 3.76. The summed E-state index contributed by atoms with van der Waals surface area (Å²) in [6.45, 7) is 22.1. The maximum absolute atomic E-state index is 5.85. The van der Waals surface area contributed by atoms with Crippen molar-refractivity contribution in [2.45, 2.75) is 92.9 Å². The van der Waals surface area contributed by atoms with E-state index in [9.17, 15) is 0 Å². The van der Waals surface area contributed by atoms with Crippen LogP contribution in [0.5, 0.6) is 0 Å². The number of aromatic nitrogens is 1. The zero-order chi connectivity index (χ0) is 37.3. The van der Waals surface area contributed by atoms with E-state index in [2.05, 4.69) is 86.4 Å². The van der Waals surface area contributed by atoms with E-state index in [1.54, 1.807) is 6.20 Å². The third-order valence-corrected chi connectivity index (χ3v) is 7.41. The molecule has 5 aromatic rings. The first kappa shape index (κ1) is 46.2. The molecule has 0 atom stereocenters. The van der Waals surface area contributed by atoms with Crippen LogP contribution in [0.2, 0.25) is 20.1 Å². The lowest BCUT2D eigenvalue weighted by Crippen LogP contribution is -2.10. The van der Waals surface area contributed by atoms with Crippen LogP contribution in [0.25, 0.3) is 0 Å². The fourth-order valence-corrected chi connectivity index (χ4v) is 4.38. The van der Waals surface area contributed by atoms with Crippen molar-refractivity contribution >= 4 is 46.4 Å². The molecule has 0 aliphatic heterocycles. The van der Waals surface area contributed by atoms with Gasteiger partial charge in [-0.3, -0.25) is 4.98 Å². The zero-order valence-electron chi connectivity index (χ0n) is 31.2. The number of benzene rings is 4. The maximum atomic E-state index is 5.85. The molecule has 0 spiro atoms. The molecular weight excluding hydrogens is 684 g/mol. The minimum absolute atomic E-state index is 0.199. The van der Waals surface area contributed by atoms with Crippen LogP contribution in [-0.4, -0.2) is 4.98 Å². The van der Waals surface area contributed by atoms with E-state index in [0.717, 1.165) is 20.1 Å². The van der Waals surface area contributed by atoms with Gasteiger partial charge in [-0.25, -0.2) is 0 Å². The van der Waals surface area contributed by atoms with Crippen molar-refractivity contribution in [3.05, 3.63) is 171 Å². The minimum atomic E-state index is 0.199. The maximum Gasteiger partial charge on any atom is 0.0408 e. The molecule has 0 bridgehead atoms. The number of nitrogens with zero attached hydrogens (tertiary/aromatic N) is 1. The smallest absolute Gasteiger partial charge is 0.0408 e. The van der Waals surface area contributed by atoms with Crippen LogP contribution in [0.15, 0.2) is 140 Å². The van der Waals surface area contributed by atoms with Gasteiger partial charge in [0.15, 0.2) is 0 Å². The Kier molecular flexibility index (Phi) is 23.7. The Hall–Kier alpha value is -2.81. The highest BCUT2D eigenvalue weighted by Gasteiger charge is 2.13. The van der Waals surface area contributed by atoms with Gasteiger partial charge in [0.1, 0.15) is 0 Å². The second-order valence-electron chi connectivity index (χ2n) is 14.4. The molecule has 266 valence electrons.